The molecule has 0 unspecified atom stereocenters. The van der Waals surface area contributed by atoms with Crippen molar-refractivity contribution >= 4 is 50.6 Å². The number of ether oxygens (including phenoxy) is 1. The molecule has 1 saturated heterocycles. The first-order valence-electron chi connectivity index (χ1n) is 12.6. The van der Waals surface area contributed by atoms with E-state index in [0.29, 0.717) is 5.69 Å². The fourth-order valence-electron chi connectivity index (χ4n) is 4.99. The van der Waals surface area contributed by atoms with Crippen molar-refractivity contribution in [2.45, 2.75) is 20.2 Å². The Balaban J connectivity index is 1.25. The maximum absolute atomic E-state index is 12.5. The summed E-state index contributed by atoms with van der Waals surface area (Å²) in [5, 5.41) is 11.8. The van der Waals surface area contributed by atoms with Crippen molar-refractivity contribution in [3.63, 3.8) is 0 Å². The number of aryl methyl sites for hydroxylation is 2. The summed E-state index contributed by atoms with van der Waals surface area (Å²) in [5.41, 5.74) is 6.86. The molecule has 0 atom stereocenters. The van der Waals surface area contributed by atoms with Gasteiger partial charge < -0.3 is 9.64 Å². The third kappa shape index (κ3) is 5.14. The van der Waals surface area contributed by atoms with Gasteiger partial charge in [0.15, 0.2) is 5.17 Å². The number of hydrogen-bond donors (Lipinski definition) is 0. The maximum Gasteiger partial charge on any atom is 0.573 e. The Labute approximate surface area is 232 Å². The normalized spacial score (nSPS) is 15.2. The standard InChI is InChI=1S/C30H24F3N5OS/c1-19-4-3-5-20(2)28(19)37-14-15-40-29(37)36-35-17-21-6-12-25-22(16-21)7-13-26-27(25)34-18-38(26)23-8-10-24(11-9-23)39-30(31,32)33/h3-13,16-18H,14-15H2,1-2H3. The summed E-state index contributed by atoms with van der Waals surface area (Å²) in [6, 6.07) is 22.0. The van der Waals surface area contributed by atoms with Crippen LogP contribution in [0.5, 0.6) is 5.75 Å². The molecule has 0 bridgehead atoms. The summed E-state index contributed by atoms with van der Waals surface area (Å²) >= 11 is 1.70. The molecule has 0 N–H and O–H groups in total. The minimum absolute atomic E-state index is 0.269. The van der Waals surface area contributed by atoms with Crippen LogP contribution in [0.3, 0.4) is 0 Å². The summed E-state index contributed by atoms with van der Waals surface area (Å²) in [6.45, 7) is 5.13. The van der Waals surface area contributed by atoms with Gasteiger partial charge in [-0.05, 0) is 72.3 Å². The van der Waals surface area contributed by atoms with Crippen LogP contribution in [0.4, 0.5) is 18.9 Å². The molecule has 40 heavy (non-hydrogen) atoms. The van der Waals surface area contributed by atoms with E-state index in [1.165, 1.54) is 28.9 Å². The van der Waals surface area contributed by atoms with Gasteiger partial charge in [-0.25, -0.2) is 4.98 Å². The first-order chi connectivity index (χ1) is 19.3. The van der Waals surface area contributed by atoms with Crippen LogP contribution in [-0.4, -0.2) is 39.6 Å². The number of hydrogen-bond acceptors (Lipinski definition) is 5. The second-order valence-corrected chi connectivity index (χ2v) is 10.5. The van der Waals surface area contributed by atoms with Crippen LogP contribution in [-0.2, 0) is 0 Å². The number of imidazole rings is 1. The zero-order chi connectivity index (χ0) is 27.9. The van der Waals surface area contributed by atoms with Gasteiger partial charge in [0.25, 0.3) is 0 Å². The highest BCUT2D eigenvalue weighted by Gasteiger charge is 2.31. The predicted octanol–water partition coefficient (Wildman–Crippen LogP) is 7.64. The molecule has 5 aromatic rings. The van der Waals surface area contributed by atoms with Crippen LogP contribution in [0.1, 0.15) is 16.7 Å². The second kappa shape index (κ2) is 10.3. The van der Waals surface area contributed by atoms with Gasteiger partial charge in [-0.15, -0.1) is 18.3 Å². The van der Waals surface area contributed by atoms with Crippen LogP contribution >= 0.6 is 11.8 Å². The lowest BCUT2D eigenvalue weighted by Gasteiger charge is -2.21. The number of anilines is 1. The lowest BCUT2D eigenvalue weighted by Crippen LogP contribution is -2.25. The fraction of sp³-hybridized carbons (Fsp3) is 0.167. The first kappa shape index (κ1) is 25.9. The Hall–Kier alpha value is -4.31. The average molecular weight is 560 g/mol. The van der Waals surface area contributed by atoms with Crippen LogP contribution in [0.15, 0.2) is 89.3 Å². The molecule has 0 spiro atoms. The van der Waals surface area contributed by atoms with Crippen molar-refractivity contribution in [1.29, 1.82) is 0 Å². The maximum atomic E-state index is 12.5. The van der Waals surface area contributed by atoms with Crippen molar-refractivity contribution < 1.29 is 17.9 Å². The van der Waals surface area contributed by atoms with Gasteiger partial charge in [0, 0.05) is 29.1 Å². The van der Waals surface area contributed by atoms with Crippen molar-refractivity contribution in [3.8, 4) is 11.4 Å². The largest absolute Gasteiger partial charge is 0.573 e. The van der Waals surface area contributed by atoms with E-state index >= 15 is 0 Å². The molecule has 0 aliphatic carbocycles. The molecule has 4 aromatic carbocycles. The minimum atomic E-state index is -4.73. The topological polar surface area (TPSA) is 55.0 Å². The monoisotopic (exact) mass is 559 g/mol. The molecule has 0 amide bonds. The van der Waals surface area contributed by atoms with Gasteiger partial charge in [0.1, 0.15) is 12.1 Å². The number of alkyl halides is 3. The number of amidine groups is 1. The van der Waals surface area contributed by atoms with E-state index in [1.54, 1.807) is 36.4 Å². The first-order valence-corrected chi connectivity index (χ1v) is 13.6. The minimum Gasteiger partial charge on any atom is -0.406 e. The number of fused-ring (bicyclic) bond motifs is 3. The van der Waals surface area contributed by atoms with Crippen LogP contribution in [0, 0.1) is 13.8 Å². The summed E-state index contributed by atoms with van der Waals surface area (Å²) in [7, 11) is 0. The third-order valence-corrected chi connectivity index (χ3v) is 7.69. The van der Waals surface area contributed by atoms with Gasteiger partial charge >= 0.3 is 6.36 Å². The molecule has 0 radical (unpaired) electrons. The van der Waals surface area contributed by atoms with E-state index in [1.807, 2.05) is 34.9 Å². The summed E-state index contributed by atoms with van der Waals surface area (Å²) in [4.78, 5) is 6.82. The third-order valence-electron chi connectivity index (χ3n) is 6.74. The Morgan fingerprint density at radius 1 is 0.975 bits per heavy atom. The zero-order valence-electron chi connectivity index (χ0n) is 21.7. The quantitative estimate of drug-likeness (QED) is 0.164. The molecule has 1 aromatic heterocycles. The van der Waals surface area contributed by atoms with Crippen molar-refractivity contribution in [1.82, 2.24) is 9.55 Å². The Kier molecular flexibility index (Phi) is 6.71. The molecule has 1 aliphatic rings. The van der Waals surface area contributed by atoms with Gasteiger partial charge in [-0.1, -0.05) is 48.2 Å². The van der Waals surface area contributed by atoms with Crippen LogP contribution in [0.25, 0.3) is 27.5 Å². The molecule has 1 aliphatic heterocycles. The van der Waals surface area contributed by atoms with E-state index in [2.05, 4.69) is 56.9 Å². The summed E-state index contributed by atoms with van der Waals surface area (Å²) < 4.78 is 43.3. The number of halogens is 3. The predicted molar refractivity (Wildman–Crippen MR) is 156 cm³/mol. The SMILES string of the molecule is Cc1cccc(C)c1N1CCSC1=NN=Cc1ccc2c(ccc3c2ncn3-c2ccc(OC(F)(F)F)cc2)c1. The van der Waals surface area contributed by atoms with Gasteiger partial charge in [0.05, 0.1) is 17.2 Å². The van der Waals surface area contributed by atoms with Crippen LogP contribution in [0.2, 0.25) is 0 Å². The molecule has 6 nitrogen and oxygen atoms in total. The molecule has 1 fully saturated rings. The number of nitrogens with zero attached hydrogens (tertiary/aromatic N) is 5. The zero-order valence-corrected chi connectivity index (χ0v) is 22.5. The van der Waals surface area contributed by atoms with Gasteiger partial charge in [0.2, 0.25) is 0 Å². The smallest absolute Gasteiger partial charge is 0.406 e. The number of thioether (sulfide) groups is 1. The Bertz CT molecular complexity index is 1760. The van der Waals surface area contributed by atoms with E-state index in [0.717, 1.165) is 44.8 Å². The van der Waals surface area contributed by atoms with Gasteiger partial charge in [-0.3, -0.25) is 4.57 Å². The summed E-state index contributed by atoms with van der Waals surface area (Å²) in [6.07, 6.45) is -1.31. The molecule has 2 heterocycles. The van der Waals surface area contributed by atoms with Crippen LogP contribution < -0.4 is 9.64 Å². The molecule has 0 saturated carbocycles. The number of rotatable bonds is 5. The lowest BCUT2D eigenvalue weighted by molar-refractivity contribution is -0.274. The van der Waals surface area contributed by atoms with Crippen molar-refractivity contribution in [2.24, 2.45) is 10.2 Å². The number of aromatic nitrogens is 2. The van der Waals surface area contributed by atoms with Crippen molar-refractivity contribution in [3.05, 3.63) is 95.8 Å². The average Bonchev–Trinajstić information content (AvgIpc) is 3.56. The van der Waals surface area contributed by atoms with Gasteiger partial charge in [-0.2, -0.15) is 5.10 Å². The highest BCUT2D eigenvalue weighted by molar-refractivity contribution is 8.14. The molecule has 10 heteroatoms. The highest BCUT2D eigenvalue weighted by Crippen LogP contribution is 2.32. The molecular weight excluding hydrogens is 535 g/mol. The van der Waals surface area contributed by atoms with Crippen molar-refractivity contribution in [2.75, 3.05) is 17.2 Å². The van der Waals surface area contributed by atoms with E-state index in [4.69, 9.17) is 0 Å². The summed E-state index contributed by atoms with van der Waals surface area (Å²) in [5.74, 6) is 0.696. The highest BCUT2D eigenvalue weighted by atomic mass is 32.2. The molecule has 6 rings (SSSR count). The fourth-order valence-corrected chi connectivity index (χ4v) is 5.89. The lowest BCUT2D eigenvalue weighted by atomic mass is 10.1. The van der Waals surface area contributed by atoms with E-state index in [-0.39, 0.29) is 5.75 Å². The van der Waals surface area contributed by atoms with E-state index < -0.39 is 6.36 Å². The second-order valence-electron chi connectivity index (χ2n) is 9.44. The molecule has 202 valence electrons. The Morgan fingerprint density at radius 2 is 1.75 bits per heavy atom. The number of benzene rings is 4. The molecular formula is C30H24F3N5OS. The Morgan fingerprint density at radius 3 is 2.50 bits per heavy atom. The number of para-hydroxylation sites is 1. The van der Waals surface area contributed by atoms with E-state index in [9.17, 15) is 13.2 Å².